The van der Waals surface area contributed by atoms with Gasteiger partial charge in [-0.25, -0.2) is 9.69 Å². The molecule has 0 aliphatic carbocycles. The van der Waals surface area contributed by atoms with Crippen LogP contribution in [-0.2, 0) is 14.3 Å². The molecule has 4 rings (SSSR count). The van der Waals surface area contributed by atoms with Gasteiger partial charge < -0.3 is 10.1 Å². The number of carbonyl (C=O) groups is 3. The summed E-state index contributed by atoms with van der Waals surface area (Å²) in [6.07, 6.45) is 1.72. The molecule has 0 saturated carbocycles. The minimum Gasteiger partial charge on any atom is -0.462 e. The maximum atomic E-state index is 13.5. The van der Waals surface area contributed by atoms with Crippen LogP contribution < -0.4 is 10.2 Å². The number of unbranched alkanes of at least 4 members (excludes halogenated alkanes) is 1. The number of benzene rings is 3. The largest absolute Gasteiger partial charge is 0.462 e. The van der Waals surface area contributed by atoms with E-state index >= 15 is 0 Å². The smallest absolute Gasteiger partial charge is 0.338 e. The van der Waals surface area contributed by atoms with Gasteiger partial charge >= 0.3 is 5.97 Å². The number of thioether (sulfide) groups is 1. The van der Waals surface area contributed by atoms with E-state index in [2.05, 4.69) is 21.2 Å². The Morgan fingerprint density at radius 2 is 1.63 bits per heavy atom. The third-order valence-corrected chi connectivity index (χ3v) is 6.83. The highest BCUT2D eigenvalue weighted by Crippen LogP contribution is 2.38. The first-order valence-electron chi connectivity index (χ1n) is 11.1. The first kappa shape index (κ1) is 24.8. The number of halogens is 1. The van der Waals surface area contributed by atoms with Crippen LogP contribution in [0.3, 0.4) is 0 Å². The molecule has 1 heterocycles. The van der Waals surface area contributed by atoms with Gasteiger partial charge in [0.05, 0.1) is 17.9 Å². The summed E-state index contributed by atoms with van der Waals surface area (Å²) in [5.74, 6) is -1.32. The van der Waals surface area contributed by atoms with E-state index in [0.29, 0.717) is 28.5 Å². The second kappa shape index (κ2) is 11.4. The molecule has 6 nitrogen and oxygen atoms in total. The van der Waals surface area contributed by atoms with E-state index in [9.17, 15) is 14.4 Å². The van der Waals surface area contributed by atoms with Crippen molar-refractivity contribution in [3.05, 3.63) is 99.5 Å². The number of nitrogens with zero attached hydrogens (tertiary/aromatic N) is 1. The monoisotopic (exact) mass is 550 g/mol. The fourth-order valence-corrected chi connectivity index (χ4v) is 4.58. The molecule has 3 aromatic rings. The highest BCUT2D eigenvalue weighted by atomic mass is 79.9. The standard InChI is InChI=1S/C27H23BrN2O4S/c1-2-3-17-34-27(33)18-9-15-21(16-10-18)30-25(31)23(29-20-13-11-19(28)12-14-20)24(26(30)32)35-22-7-5-4-6-8-22/h4-16,29H,2-3,17H2,1H3. The quantitative estimate of drug-likeness (QED) is 0.189. The van der Waals surface area contributed by atoms with Crippen LogP contribution in [-0.4, -0.2) is 24.4 Å². The number of carbonyl (C=O) groups excluding carboxylic acids is 3. The lowest BCUT2D eigenvalue weighted by molar-refractivity contribution is -0.120. The second-order valence-electron chi connectivity index (χ2n) is 7.73. The molecule has 0 saturated heterocycles. The molecule has 0 radical (unpaired) electrons. The van der Waals surface area contributed by atoms with Crippen molar-refractivity contribution in [2.24, 2.45) is 0 Å². The van der Waals surface area contributed by atoms with E-state index in [1.165, 1.54) is 11.8 Å². The van der Waals surface area contributed by atoms with Crippen molar-refractivity contribution in [3.8, 4) is 0 Å². The van der Waals surface area contributed by atoms with E-state index < -0.39 is 17.8 Å². The van der Waals surface area contributed by atoms with Gasteiger partial charge in [0.25, 0.3) is 11.8 Å². The zero-order valence-corrected chi connectivity index (χ0v) is 21.4. The van der Waals surface area contributed by atoms with Crippen molar-refractivity contribution in [2.45, 2.75) is 24.7 Å². The number of hydrogen-bond acceptors (Lipinski definition) is 6. The molecule has 8 heteroatoms. The molecule has 1 aliphatic heterocycles. The Balaban J connectivity index is 1.61. The number of amides is 2. The van der Waals surface area contributed by atoms with Gasteiger partial charge in [-0.15, -0.1) is 0 Å². The zero-order chi connectivity index (χ0) is 24.8. The lowest BCUT2D eigenvalue weighted by atomic mass is 10.2. The molecule has 35 heavy (non-hydrogen) atoms. The van der Waals surface area contributed by atoms with Gasteiger partial charge in [-0.05, 0) is 67.1 Å². The Labute approximate surface area is 216 Å². The zero-order valence-electron chi connectivity index (χ0n) is 19.0. The number of hydrogen-bond donors (Lipinski definition) is 1. The van der Waals surface area contributed by atoms with E-state index in [0.717, 1.165) is 27.1 Å². The second-order valence-corrected chi connectivity index (χ2v) is 9.73. The minimum absolute atomic E-state index is 0.203. The van der Waals surface area contributed by atoms with Crippen LogP contribution in [0.1, 0.15) is 30.1 Å². The summed E-state index contributed by atoms with van der Waals surface area (Å²) in [6, 6.07) is 23.0. The fraction of sp³-hybridized carbons (Fsp3) is 0.148. The van der Waals surface area contributed by atoms with Gasteiger partial charge in [-0.1, -0.05) is 59.2 Å². The average molecular weight is 551 g/mol. The Morgan fingerprint density at radius 3 is 2.29 bits per heavy atom. The van der Waals surface area contributed by atoms with Gasteiger partial charge in [-0.3, -0.25) is 9.59 Å². The van der Waals surface area contributed by atoms with Crippen molar-refractivity contribution in [1.82, 2.24) is 0 Å². The molecular weight excluding hydrogens is 528 g/mol. The number of anilines is 2. The molecular formula is C27H23BrN2O4S. The summed E-state index contributed by atoms with van der Waals surface area (Å²) in [6.45, 7) is 2.38. The predicted molar refractivity (Wildman–Crippen MR) is 141 cm³/mol. The molecule has 0 unspecified atom stereocenters. The summed E-state index contributed by atoms with van der Waals surface area (Å²) in [4.78, 5) is 41.4. The lowest BCUT2D eigenvalue weighted by Crippen LogP contribution is -2.32. The van der Waals surface area contributed by atoms with E-state index in [4.69, 9.17) is 4.74 Å². The molecule has 0 fully saturated rings. The van der Waals surface area contributed by atoms with Crippen LogP contribution in [0.15, 0.2) is 98.8 Å². The molecule has 178 valence electrons. The Hall–Kier alpha value is -3.36. The summed E-state index contributed by atoms with van der Waals surface area (Å²) in [7, 11) is 0. The number of esters is 1. The van der Waals surface area contributed by atoms with Crippen LogP contribution >= 0.6 is 27.7 Å². The maximum absolute atomic E-state index is 13.5. The molecule has 0 aromatic heterocycles. The number of ether oxygens (including phenoxy) is 1. The van der Waals surface area contributed by atoms with Gasteiger partial charge in [0, 0.05) is 15.1 Å². The summed E-state index contributed by atoms with van der Waals surface area (Å²) < 4.78 is 6.14. The molecule has 3 aromatic carbocycles. The SMILES string of the molecule is CCCCOC(=O)c1ccc(N2C(=O)C(Nc3ccc(Br)cc3)=C(Sc3ccccc3)C2=O)cc1. The minimum atomic E-state index is -0.463. The normalized spacial score (nSPS) is 13.4. The summed E-state index contributed by atoms with van der Waals surface area (Å²) in [5, 5.41) is 3.13. The van der Waals surface area contributed by atoms with Crippen LogP contribution in [0.25, 0.3) is 0 Å². The van der Waals surface area contributed by atoms with Crippen molar-refractivity contribution in [2.75, 3.05) is 16.8 Å². The van der Waals surface area contributed by atoms with Crippen molar-refractivity contribution in [1.29, 1.82) is 0 Å². The third-order valence-electron chi connectivity index (χ3n) is 5.21. The number of rotatable bonds is 9. The number of nitrogens with one attached hydrogen (secondary N) is 1. The molecule has 0 atom stereocenters. The Kier molecular flexibility index (Phi) is 8.05. The first-order chi connectivity index (χ1) is 17.0. The van der Waals surface area contributed by atoms with E-state index in [1.54, 1.807) is 24.3 Å². The van der Waals surface area contributed by atoms with E-state index in [-0.39, 0.29) is 5.70 Å². The topological polar surface area (TPSA) is 75.7 Å². The lowest BCUT2D eigenvalue weighted by Gasteiger charge is -2.16. The molecule has 1 aliphatic rings. The van der Waals surface area contributed by atoms with Gasteiger partial charge in [0.2, 0.25) is 0 Å². The predicted octanol–water partition coefficient (Wildman–Crippen LogP) is 6.40. The van der Waals surface area contributed by atoms with Crippen molar-refractivity contribution >= 4 is 56.9 Å². The van der Waals surface area contributed by atoms with Gasteiger partial charge in [0.15, 0.2) is 0 Å². The van der Waals surface area contributed by atoms with Gasteiger partial charge in [-0.2, -0.15) is 0 Å². The Morgan fingerprint density at radius 1 is 0.943 bits per heavy atom. The van der Waals surface area contributed by atoms with Crippen molar-refractivity contribution in [3.63, 3.8) is 0 Å². The van der Waals surface area contributed by atoms with Gasteiger partial charge in [0.1, 0.15) is 10.6 Å². The average Bonchev–Trinajstić information content (AvgIpc) is 3.10. The van der Waals surface area contributed by atoms with Crippen LogP contribution in [0, 0.1) is 0 Å². The fourth-order valence-electron chi connectivity index (χ4n) is 3.37. The summed E-state index contributed by atoms with van der Waals surface area (Å²) >= 11 is 4.64. The molecule has 0 bridgehead atoms. The Bertz CT molecular complexity index is 1260. The highest BCUT2D eigenvalue weighted by molar-refractivity contribution is 9.10. The molecule has 2 amide bonds. The van der Waals surface area contributed by atoms with Crippen LogP contribution in [0.4, 0.5) is 11.4 Å². The van der Waals surface area contributed by atoms with Crippen LogP contribution in [0.2, 0.25) is 0 Å². The van der Waals surface area contributed by atoms with Crippen LogP contribution in [0.5, 0.6) is 0 Å². The van der Waals surface area contributed by atoms with Crippen molar-refractivity contribution < 1.29 is 19.1 Å². The molecule has 0 spiro atoms. The molecule has 1 N–H and O–H groups in total. The maximum Gasteiger partial charge on any atom is 0.338 e. The number of imide groups is 1. The summed E-state index contributed by atoms with van der Waals surface area (Å²) in [5.41, 5.74) is 1.63. The highest BCUT2D eigenvalue weighted by Gasteiger charge is 2.40. The third kappa shape index (κ3) is 5.83. The van der Waals surface area contributed by atoms with E-state index in [1.807, 2.05) is 61.5 Å². The first-order valence-corrected chi connectivity index (χ1v) is 12.7.